The SMILES string of the molecule is C[C@H](O)CCN(C)C(=O)N[C@H](C)c1ccc2c(c1)CCC2. The van der Waals surface area contributed by atoms with Crippen molar-refractivity contribution < 1.29 is 9.90 Å². The number of aryl methyl sites for hydroxylation is 2. The molecular formula is C17H26N2O2. The first-order valence-electron chi connectivity index (χ1n) is 7.78. The summed E-state index contributed by atoms with van der Waals surface area (Å²) >= 11 is 0. The number of carbonyl (C=O) groups is 1. The molecule has 0 aliphatic heterocycles. The van der Waals surface area contributed by atoms with Crippen molar-refractivity contribution in [3.05, 3.63) is 34.9 Å². The van der Waals surface area contributed by atoms with Crippen molar-refractivity contribution in [3.63, 3.8) is 0 Å². The number of aliphatic hydroxyl groups is 1. The van der Waals surface area contributed by atoms with Crippen LogP contribution < -0.4 is 5.32 Å². The van der Waals surface area contributed by atoms with Gasteiger partial charge in [-0.1, -0.05) is 18.2 Å². The lowest BCUT2D eigenvalue weighted by atomic mass is 10.0. The summed E-state index contributed by atoms with van der Waals surface area (Å²) in [5, 5.41) is 12.3. The smallest absolute Gasteiger partial charge is 0.317 e. The van der Waals surface area contributed by atoms with Gasteiger partial charge in [-0.2, -0.15) is 0 Å². The zero-order valence-corrected chi connectivity index (χ0v) is 13.2. The van der Waals surface area contributed by atoms with Crippen molar-refractivity contribution in [2.75, 3.05) is 13.6 Å². The molecule has 1 aliphatic carbocycles. The van der Waals surface area contributed by atoms with Crippen LogP contribution in [0.3, 0.4) is 0 Å². The summed E-state index contributed by atoms with van der Waals surface area (Å²) in [5.74, 6) is 0. The third-order valence-electron chi connectivity index (χ3n) is 4.19. The number of rotatable bonds is 5. The van der Waals surface area contributed by atoms with E-state index >= 15 is 0 Å². The number of aliphatic hydroxyl groups excluding tert-OH is 1. The first kappa shape index (κ1) is 15.8. The Hall–Kier alpha value is -1.55. The van der Waals surface area contributed by atoms with Gasteiger partial charge in [0.2, 0.25) is 0 Å². The average molecular weight is 290 g/mol. The van der Waals surface area contributed by atoms with Crippen LogP contribution in [0.4, 0.5) is 4.79 Å². The Kier molecular flexibility index (Phi) is 5.23. The standard InChI is InChI=1S/C17H26N2O2/c1-12(20)9-10-19(3)17(21)18-13(2)15-8-7-14-5-4-6-16(14)11-15/h7-8,11-13,20H,4-6,9-10H2,1-3H3,(H,18,21)/t12-,13+/m0/s1. The Labute approximate surface area is 127 Å². The van der Waals surface area contributed by atoms with Gasteiger partial charge >= 0.3 is 6.03 Å². The van der Waals surface area contributed by atoms with Crippen LogP contribution in [0.15, 0.2) is 18.2 Å². The van der Waals surface area contributed by atoms with Gasteiger partial charge in [0.1, 0.15) is 0 Å². The fraction of sp³-hybridized carbons (Fsp3) is 0.588. The lowest BCUT2D eigenvalue weighted by molar-refractivity contribution is 0.162. The van der Waals surface area contributed by atoms with Crippen molar-refractivity contribution >= 4 is 6.03 Å². The second-order valence-corrected chi connectivity index (χ2v) is 6.11. The predicted octanol–water partition coefficient (Wildman–Crippen LogP) is 2.65. The van der Waals surface area contributed by atoms with Gasteiger partial charge in [-0.3, -0.25) is 0 Å². The monoisotopic (exact) mass is 290 g/mol. The molecule has 0 saturated carbocycles. The normalized spacial score (nSPS) is 16.2. The lowest BCUT2D eigenvalue weighted by Gasteiger charge is -2.22. The number of nitrogens with zero attached hydrogens (tertiary/aromatic N) is 1. The molecule has 116 valence electrons. The molecule has 2 amide bonds. The number of amides is 2. The minimum atomic E-state index is -0.380. The highest BCUT2D eigenvalue weighted by atomic mass is 16.3. The van der Waals surface area contributed by atoms with E-state index in [4.69, 9.17) is 0 Å². The topological polar surface area (TPSA) is 52.6 Å². The van der Waals surface area contributed by atoms with E-state index in [2.05, 4.69) is 23.5 Å². The molecule has 1 aliphatic rings. The highest BCUT2D eigenvalue weighted by Crippen LogP contribution is 2.25. The maximum Gasteiger partial charge on any atom is 0.317 e. The Bertz CT molecular complexity index is 500. The molecule has 0 fully saturated rings. The minimum absolute atomic E-state index is 0.00241. The van der Waals surface area contributed by atoms with Crippen LogP contribution in [0.2, 0.25) is 0 Å². The van der Waals surface area contributed by atoms with Crippen LogP contribution in [-0.4, -0.2) is 35.7 Å². The Balaban J connectivity index is 1.91. The molecular weight excluding hydrogens is 264 g/mol. The third kappa shape index (κ3) is 4.21. The van der Waals surface area contributed by atoms with Gasteiger partial charge in [-0.25, -0.2) is 4.79 Å². The molecule has 0 bridgehead atoms. The molecule has 0 aromatic heterocycles. The molecule has 21 heavy (non-hydrogen) atoms. The fourth-order valence-electron chi connectivity index (χ4n) is 2.72. The number of benzene rings is 1. The molecule has 1 aromatic rings. The van der Waals surface area contributed by atoms with Gasteiger partial charge in [0.05, 0.1) is 12.1 Å². The largest absolute Gasteiger partial charge is 0.393 e. The maximum absolute atomic E-state index is 12.1. The summed E-state index contributed by atoms with van der Waals surface area (Å²) in [6, 6.07) is 6.44. The Morgan fingerprint density at radius 1 is 1.33 bits per heavy atom. The van der Waals surface area contributed by atoms with Crippen LogP contribution in [0.25, 0.3) is 0 Å². The van der Waals surface area contributed by atoms with E-state index in [9.17, 15) is 9.90 Å². The number of hydrogen-bond donors (Lipinski definition) is 2. The summed E-state index contributed by atoms with van der Waals surface area (Å²) in [6.07, 6.45) is 3.78. The maximum atomic E-state index is 12.1. The van der Waals surface area contributed by atoms with Crippen LogP contribution in [0.1, 0.15) is 49.4 Å². The lowest BCUT2D eigenvalue weighted by Crippen LogP contribution is -2.39. The van der Waals surface area contributed by atoms with Crippen molar-refractivity contribution in [2.45, 2.75) is 51.7 Å². The summed E-state index contributed by atoms with van der Waals surface area (Å²) < 4.78 is 0. The van der Waals surface area contributed by atoms with Crippen molar-refractivity contribution in [2.24, 2.45) is 0 Å². The molecule has 0 unspecified atom stereocenters. The molecule has 2 N–H and O–H groups in total. The predicted molar refractivity (Wildman–Crippen MR) is 84.3 cm³/mol. The van der Waals surface area contributed by atoms with E-state index in [-0.39, 0.29) is 18.2 Å². The first-order chi connectivity index (χ1) is 9.97. The van der Waals surface area contributed by atoms with E-state index < -0.39 is 0 Å². The van der Waals surface area contributed by atoms with Crippen LogP contribution in [0.5, 0.6) is 0 Å². The number of carbonyl (C=O) groups excluding carboxylic acids is 1. The highest BCUT2D eigenvalue weighted by molar-refractivity contribution is 5.74. The summed E-state index contributed by atoms with van der Waals surface area (Å²) in [5.41, 5.74) is 4.04. The zero-order valence-electron chi connectivity index (χ0n) is 13.2. The van der Waals surface area contributed by atoms with E-state index in [1.165, 1.54) is 24.0 Å². The summed E-state index contributed by atoms with van der Waals surface area (Å²) in [6.45, 7) is 4.30. The van der Waals surface area contributed by atoms with Crippen molar-refractivity contribution in [1.82, 2.24) is 10.2 Å². The quantitative estimate of drug-likeness (QED) is 0.876. The van der Waals surface area contributed by atoms with Crippen molar-refractivity contribution in [1.29, 1.82) is 0 Å². The highest BCUT2D eigenvalue weighted by Gasteiger charge is 2.16. The fourth-order valence-corrected chi connectivity index (χ4v) is 2.72. The molecule has 4 nitrogen and oxygen atoms in total. The number of hydrogen-bond acceptors (Lipinski definition) is 2. The molecule has 0 spiro atoms. The van der Waals surface area contributed by atoms with Crippen LogP contribution >= 0.6 is 0 Å². The van der Waals surface area contributed by atoms with Gasteiger partial charge in [-0.05, 0) is 56.2 Å². The molecule has 4 heteroatoms. The second-order valence-electron chi connectivity index (χ2n) is 6.11. The number of fused-ring (bicyclic) bond motifs is 1. The van der Waals surface area contributed by atoms with E-state index in [0.29, 0.717) is 13.0 Å². The summed E-state index contributed by atoms with van der Waals surface area (Å²) in [7, 11) is 1.76. The molecule has 1 aromatic carbocycles. The van der Waals surface area contributed by atoms with Crippen molar-refractivity contribution in [3.8, 4) is 0 Å². The van der Waals surface area contributed by atoms with Gasteiger partial charge in [0.15, 0.2) is 0 Å². The average Bonchev–Trinajstić information content (AvgIpc) is 2.91. The molecule has 0 radical (unpaired) electrons. The van der Waals surface area contributed by atoms with Gasteiger partial charge in [-0.15, -0.1) is 0 Å². The van der Waals surface area contributed by atoms with Crippen LogP contribution in [-0.2, 0) is 12.8 Å². The van der Waals surface area contributed by atoms with E-state index in [1.54, 1.807) is 18.9 Å². The summed E-state index contributed by atoms with van der Waals surface area (Å²) in [4.78, 5) is 13.7. The molecule has 0 saturated heterocycles. The zero-order chi connectivity index (χ0) is 15.4. The Morgan fingerprint density at radius 2 is 2.05 bits per heavy atom. The van der Waals surface area contributed by atoms with Gasteiger partial charge in [0, 0.05) is 13.6 Å². The van der Waals surface area contributed by atoms with Gasteiger partial charge in [0.25, 0.3) is 0 Å². The van der Waals surface area contributed by atoms with E-state index in [1.807, 2.05) is 6.92 Å². The molecule has 2 atom stereocenters. The number of urea groups is 1. The van der Waals surface area contributed by atoms with Gasteiger partial charge < -0.3 is 15.3 Å². The van der Waals surface area contributed by atoms with Crippen LogP contribution in [0, 0.1) is 0 Å². The first-order valence-corrected chi connectivity index (χ1v) is 7.78. The second kappa shape index (κ2) is 6.94. The number of nitrogens with one attached hydrogen (secondary N) is 1. The minimum Gasteiger partial charge on any atom is -0.393 e. The molecule has 0 heterocycles. The molecule has 2 rings (SSSR count). The Morgan fingerprint density at radius 3 is 2.76 bits per heavy atom. The van der Waals surface area contributed by atoms with E-state index in [0.717, 1.165) is 12.0 Å². The third-order valence-corrected chi connectivity index (χ3v) is 4.19.